The maximum atomic E-state index is 8.81. The molecule has 0 saturated carbocycles. The highest BCUT2D eigenvalue weighted by Crippen LogP contribution is 2.38. The van der Waals surface area contributed by atoms with Crippen molar-refractivity contribution in [3.05, 3.63) is 181 Å². The van der Waals surface area contributed by atoms with Gasteiger partial charge in [-0.15, -0.1) is 0 Å². The van der Waals surface area contributed by atoms with Crippen LogP contribution < -0.4 is 5.73 Å². The quantitative estimate of drug-likeness (QED) is 0.144. The smallest absolute Gasteiger partial charge is 0.154 e. The normalized spacial score (nSPS) is 12.0. The standard InChI is InChI=1S/C44H31N5/c45-43(29-12-3-1-4-13-29)47-44(46)32-14-11-17-34(26-32)49-40-21-10-8-19-36(40)38-25-23-31(28-42(38)49)30-22-24-37-35-18-7-9-20-39(35)48(41(37)27-30)33-15-5-2-6-16-33/h1-28H,(H3,45,46,47). The van der Waals surface area contributed by atoms with E-state index in [1.54, 1.807) is 0 Å². The summed E-state index contributed by atoms with van der Waals surface area (Å²) in [5, 5.41) is 13.6. The Balaban J connectivity index is 1.20. The van der Waals surface area contributed by atoms with Gasteiger partial charge in [-0.25, -0.2) is 4.99 Å². The van der Waals surface area contributed by atoms with Crippen LogP contribution in [0.3, 0.4) is 0 Å². The number of rotatable bonds is 5. The summed E-state index contributed by atoms with van der Waals surface area (Å²) in [6.07, 6.45) is 0. The number of para-hydroxylation sites is 3. The van der Waals surface area contributed by atoms with Gasteiger partial charge in [-0.2, -0.15) is 0 Å². The molecule has 2 aromatic heterocycles. The fraction of sp³-hybridized carbons (Fsp3) is 0. The molecule has 49 heavy (non-hydrogen) atoms. The summed E-state index contributed by atoms with van der Waals surface area (Å²) in [7, 11) is 0. The van der Waals surface area contributed by atoms with E-state index in [0.29, 0.717) is 11.4 Å². The van der Waals surface area contributed by atoms with Gasteiger partial charge in [0.2, 0.25) is 0 Å². The Bertz CT molecular complexity index is 2730. The van der Waals surface area contributed by atoms with E-state index < -0.39 is 0 Å². The molecular weight excluding hydrogens is 599 g/mol. The molecule has 0 spiro atoms. The molecule has 232 valence electrons. The van der Waals surface area contributed by atoms with Crippen molar-refractivity contribution in [3.8, 4) is 22.5 Å². The van der Waals surface area contributed by atoms with Crippen LogP contribution in [0.2, 0.25) is 0 Å². The zero-order chi connectivity index (χ0) is 32.9. The Morgan fingerprint density at radius 2 is 0.898 bits per heavy atom. The van der Waals surface area contributed by atoms with E-state index in [1.165, 1.54) is 32.6 Å². The lowest BCUT2D eigenvalue weighted by Crippen LogP contribution is -2.15. The maximum Gasteiger partial charge on any atom is 0.154 e. The van der Waals surface area contributed by atoms with Crippen LogP contribution in [0, 0.1) is 5.41 Å². The lowest BCUT2D eigenvalue weighted by molar-refractivity contribution is 1.18. The SMILES string of the molecule is N=C(N=C(N)c1ccccc1)c1cccc(-n2c3ccccc3c3ccc(-c4ccc5c6ccccc6n(-c6ccccc6)c5c4)cc32)c1. The Hall–Kier alpha value is -6.72. The van der Waals surface area contributed by atoms with Gasteiger partial charge in [0, 0.05) is 44.0 Å². The van der Waals surface area contributed by atoms with E-state index in [1.807, 2.05) is 48.5 Å². The molecule has 9 aromatic rings. The van der Waals surface area contributed by atoms with Gasteiger partial charge < -0.3 is 14.9 Å². The second kappa shape index (κ2) is 11.5. The number of hydrogen-bond donors (Lipinski definition) is 2. The first kappa shape index (κ1) is 28.5. The summed E-state index contributed by atoms with van der Waals surface area (Å²) < 4.78 is 4.64. The van der Waals surface area contributed by atoms with Crippen molar-refractivity contribution in [1.29, 1.82) is 5.41 Å². The number of amidine groups is 2. The van der Waals surface area contributed by atoms with Gasteiger partial charge in [0.15, 0.2) is 5.84 Å². The second-order valence-electron chi connectivity index (χ2n) is 12.3. The van der Waals surface area contributed by atoms with Crippen molar-refractivity contribution in [2.24, 2.45) is 10.7 Å². The van der Waals surface area contributed by atoms with E-state index in [2.05, 4.69) is 135 Å². The highest BCUT2D eigenvalue weighted by atomic mass is 15.0. The topological polar surface area (TPSA) is 72.1 Å². The zero-order valence-electron chi connectivity index (χ0n) is 26.6. The highest BCUT2D eigenvalue weighted by molar-refractivity contribution is 6.13. The van der Waals surface area contributed by atoms with Crippen LogP contribution in [0.5, 0.6) is 0 Å². The van der Waals surface area contributed by atoms with Crippen LogP contribution in [0.15, 0.2) is 175 Å². The first-order chi connectivity index (χ1) is 24.1. The molecule has 0 saturated heterocycles. The first-order valence-electron chi connectivity index (χ1n) is 16.4. The monoisotopic (exact) mass is 629 g/mol. The lowest BCUT2D eigenvalue weighted by atomic mass is 10.0. The average molecular weight is 630 g/mol. The van der Waals surface area contributed by atoms with Crippen LogP contribution in [-0.2, 0) is 0 Å². The molecule has 3 N–H and O–H groups in total. The predicted octanol–water partition coefficient (Wildman–Crippen LogP) is 10.3. The van der Waals surface area contributed by atoms with E-state index in [-0.39, 0.29) is 5.84 Å². The highest BCUT2D eigenvalue weighted by Gasteiger charge is 2.16. The van der Waals surface area contributed by atoms with Crippen LogP contribution in [0.4, 0.5) is 0 Å². The molecule has 0 aliphatic rings. The fourth-order valence-electron chi connectivity index (χ4n) is 7.08. The molecule has 9 rings (SSSR count). The van der Waals surface area contributed by atoms with Gasteiger partial charge in [0.25, 0.3) is 0 Å². The lowest BCUT2D eigenvalue weighted by Gasteiger charge is -2.11. The van der Waals surface area contributed by atoms with E-state index in [9.17, 15) is 0 Å². The number of aromatic nitrogens is 2. The van der Waals surface area contributed by atoms with Crippen molar-refractivity contribution >= 4 is 55.3 Å². The molecule has 0 aliphatic carbocycles. The molecule has 5 heteroatoms. The minimum atomic E-state index is 0.117. The van der Waals surface area contributed by atoms with Gasteiger partial charge in [-0.3, -0.25) is 5.41 Å². The Morgan fingerprint density at radius 3 is 1.51 bits per heavy atom. The Kier molecular flexibility index (Phi) is 6.69. The predicted molar refractivity (Wildman–Crippen MR) is 205 cm³/mol. The molecule has 0 bridgehead atoms. The summed E-state index contributed by atoms with van der Waals surface area (Å²) >= 11 is 0. The van der Waals surface area contributed by atoms with Crippen LogP contribution in [0.1, 0.15) is 11.1 Å². The molecule has 0 unspecified atom stereocenters. The zero-order valence-corrected chi connectivity index (χ0v) is 26.6. The Morgan fingerprint density at radius 1 is 0.429 bits per heavy atom. The average Bonchev–Trinajstić information content (AvgIpc) is 3.67. The number of nitrogens with two attached hydrogens (primary N) is 1. The number of aliphatic imine (C=N–C) groups is 1. The summed E-state index contributed by atoms with van der Waals surface area (Å²) in [6.45, 7) is 0. The molecule has 0 radical (unpaired) electrons. The third-order valence-electron chi connectivity index (χ3n) is 9.37. The van der Waals surface area contributed by atoms with Gasteiger partial charge in [-0.05, 0) is 59.7 Å². The molecule has 2 heterocycles. The maximum absolute atomic E-state index is 8.81. The largest absolute Gasteiger partial charge is 0.383 e. The van der Waals surface area contributed by atoms with E-state index in [0.717, 1.165) is 39.1 Å². The summed E-state index contributed by atoms with van der Waals surface area (Å²) in [5.41, 5.74) is 16.7. The van der Waals surface area contributed by atoms with Crippen LogP contribution in [0.25, 0.3) is 66.1 Å². The van der Waals surface area contributed by atoms with E-state index >= 15 is 0 Å². The van der Waals surface area contributed by atoms with Crippen molar-refractivity contribution in [2.45, 2.75) is 0 Å². The third-order valence-corrected chi connectivity index (χ3v) is 9.37. The van der Waals surface area contributed by atoms with Crippen molar-refractivity contribution in [1.82, 2.24) is 9.13 Å². The molecule has 0 fully saturated rings. The number of hydrogen-bond acceptors (Lipinski definition) is 1. The van der Waals surface area contributed by atoms with E-state index in [4.69, 9.17) is 11.1 Å². The van der Waals surface area contributed by atoms with Crippen molar-refractivity contribution < 1.29 is 0 Å². The van der Waals surface area contributed by atoms with Gasteiger partial charge in [0.05, 0.1) is 22.1 Å². The van der Waals surface area contributed by atoms with Crippen LogP contribution in [-0.4, -0.2) is 20.8 Å². The molecule has 0 amide bonds. The summed E-state index contributed by atoms with van der Waals surface area (Å²) in [4.78, 5) is 4.45. The summed E-state index contributed by atoms with van der Waals surface area (Å²) in [5.74, 6) is 0.438. The number of nitrogens with one attached hydrogen (secondary N) is 1. The fourth-order valence-corrected chi connectivity index (χ4v) is 7.08. The summed E-state index contributed by atoms with van der Waals surface area (Å²) in [6, 6.07) is 58.8. The third kappa shape index (κ3) is 4.79. The Labute approximate surface area is 283 Å². The first-order valence-corrected chi connectivity index (χ1v) is 16.4. The number of benzene rings is 7. The number of fused-ring (bicyclic) bond motifs is 6. The minimum absolute atomic E-state index is 0.117. The molecule has 5 nitrogen and oxygen atoms in total. The molecule has 0 atom stereocenters. The van der Waals surface area contributed by atoms with Crippen LogP contribution >= 0.6 is 0 Å². The van der Waals surface area contributed by atoms with Gasteiger partial charge >= 0.3 is 0 Å². The molecule has 0 aliphatic heterocycles. The van der Waals surface area contributed by atoms with Crippen molar-refractivity contribution in [3.63, 3.8) is 0 Å². The van der Waals surface area contributed by atoms with Gasteiger partial charge in [-0.1, -0.05) is 121 Å². The minimum Gasteiger partial charge on any atom is -0.383 e. The molecular formula is C44H31N5. The van der Waals surface area contributed by atoms with Crippen molar-refractivity contribution in [2.75, 3.05) is 0 Å². The molecule has 7 aromatic carbocycles. The number of nitrogens with zero attached hydrogens (tertiary/aromatic N) is 3. The van der Waals surface area contributed by atoms with Gasteiger partial charge in [0.1, 0.15) is 5.84 Å². The second-order valence-corrected chi connectivity index (χ2v) is 12.3.